The molecule has 0 spiro atoms. The number of rotatable bonds is 9. The van der Waals surface area contributed by atoms with Gasteiger partial charge in [-0.1, -0.05) is 6.07 Å². The highest BCUT2D eigenvalue weighted by atomic mass is 32.1. The van der Waals surface area contributed by atoms with Crippen LogP contribution in [0, 0.1) is 0 Å². The van der Waals surface area contributed by atoms with Crippen molar-refractivity contribution in [2.45, 2.75) is 13.5 Å². The van der Waals surface area contributed by atoms with Crippen molar-refractivity contribution in [3.05, 3.63) is 53.0 Å². The van der Waals surface area contributed by atoms with E-state index in [9.17, 15) is 4.79 Å². The third kappa shape index (κ3) is 4.65. The smallest absolute Gasteiger partial charge is 0.342 e. The number of hydrogen-bond acceptors (Lipinski definition) is 8. The number of hydrogen-bond donors (Lipinski definition) is 0. The average Bonchev–Trinajstić information content (AvgIpc) is 3.26. The van der Waals surface area contributed by atoms with Crippen LogP contribution in [-0.2, 0) is 11.3 Å². The summed E-state index contributed by atoms with van der Waals surface area (Å²) in [7, 11) is 4.59. The van der Waals surface area contributed by atoms with Crippen LogP contribution >= 0.6 is 11.3 Å². The van der Waals surface area contributed by atoms with Gasteiger partial charge >= 0.3 is 5.97 Å². The third-order valence-electron chi connectivity index (χ3n) is 4.24. The second-order valence-corrected chi connectivity index (χ2v) is 6.92. The molecule has 0 aliphatic heterocycles. The molecule has 2 aromatic carbocycles. The Bertz CT molecular complexity index is 1020. The zero-order chi connectivity index (χ0) is 21.5. The summed E-state index contributed by atoms with van der Waals surface area (Å²) in [6.45, 7) is 2.52. The number of methoxy groups -OCH3 is 3. The molecule has 0 aliphatic rings. The lowest BCUT2D eigenvalue weighted by Crippen LogP contribution is -2.08. The van der Waals surface area contributed by atoms with Crippen LogP contribution in [0.1, 0.15) is 23.0 Å². The van der Waals surface area contributed by atoms with Crippen LogP contribution in [-0.4, -0.2) is 38.9 Å². The molecule has 158 valence electrons. The molecule has 0 N–H and O–H groups in total. The standard InChI is InChI=1S/C22H23NO6S/c1-5-28-17-10-9-14(11-19(17)26-3)21-23-15(13-30-21)12-29-22(24)16-7-6-8-18(25-2)20(16)27-4/h6-11,13H,5,12H2,1-4H3. The molecule has 7 nitrogen and oxygen atoms in total. The molecule has 3 aromatic rings. The van der Waals surface area contributed by atoms with Crippen LogP contribution in [0.4, 0.5) is 0 Å². The van der Waals surface area contributed by atoms with E-state index in [4.69, 9.17) is 23.7 Å². The molecule has 0 saturated carbocycles. The molecule has 0 radical (unpaired) electrons. The minimum absolute atomic E-state index is 0.0455. The van der Waals surface area contributed by atoms with Gasteiger partial charge in [-0.15, -0.1) is 11.3 Å². The van der Waals surface area contributed by atoms with Gasteiger partial charge in [-0.05, 0) is 37.3 Å². The van der Waals surface area contributed by atoms with Gasteiger partial charge in [0.05, 0.1) is 33.6 Å². The van der Waals surface area contributed by atoms with Crippen LogP contribution in [0.5, 0.6) is 23.0 Å². The zero-order valence-electron chi connectivity index (χ0n) is 17.3. The van der Waals surface area contributed by atoms with Crippen LogP contribution < -0.4 is 18.9 Å². The summed E-state index contributed by atoms with van der Waals surface area (Å²) in [6, 6.07) is 10.7. The van der Waals surface area contributed by atoms with Gasteiger partial charge in [0.25, 0.3) is 0 Å². The maximum absolute atomic E-state index is 12.5. The lowest BCUT2D eigenvalue weighted by atomic mass is 10.2. The number of carbonyl (C=O) groups is 1. The summed E-state index contributed by atoms with van der Waals surface area (Å²) in [5.74, 6) is 1.62. The Labute approximate surface area is 179 Å². The topological polar surface area (TPSA) is 76.1 Å². The highest BCUT2D eigenvalue weighted by Crippen LogP contribution is 2.34. The van der Waals surface area contributed by atoms with Crippen molar-refractivity contribution in [1.29, 1.82) is 0 Å². The molecule has 0 unspecified atom stereocenters. The average molecular weight is 429 g/mol. The second kappa shape index (κ2) is 9.98. The van der Waals surface area contributed by atoms with Crippen molar-refractivity contribution in [2.75, 3.05) is 27.9 Å². The minimum Gasteiger partial charge on any atom is -0.493 e. The molecule has 0 saturated heterocycles. The largest absolute Gasteiger partial charge is 0.493 e. The fourth-order valence-electron chi connectivity index (χ4n) is 2.85. The van der Waals surface area contributed by atoms with Crippen LogP contribution in [0.15, 0.2) is 41.8 Å². The summed E-state index contributed by atoms with van der Waals surface area (Å²) in [5.41, 5.74) is 1.84. The maximum atomic E-state index is 12.5. The molecule has 0 fully saturated rings. The Morgan fingerprint density at radius 3 is 2.50 bits per heavy atom. The molecule has 8 heteroatoms. The van der Waals surface area contributed by atoms with Gasteiger partial charge < -0.3 is 23.7 Å². The number of aromatic nitrogens is 1. The third-order valence-corrected chi connectivity index (χ3v) is 5.18. The van der Waals surface area contributed by atoms with Gasteiger partial charge in [0.15, 0.2) is 23.0 Å². The van der Waals surface area contributed by atoms with E-state index in [2.05, 4.69) is 4.98 Å². The van der Waals surface area contributed by atoms with Crippen LogP contribution in [0.3, 0.4) is 0 Å². The van der Waals surface area contributed by atoms with Crippen LogP contribution in [0.2, 0.25) is 0 Å². The molecule has 30 heavy (non-hydrogen) atoms. The number of benzene rings is 2. The van der Waals surface area contributed by atoms with E-state index in [-0.39, 0.29) is 6.61 Å². The Morgan fingerprint density at radius 2 is 1.80 bits per heavy atom. The van der Waals surface area contributed by atoms with E-state index >= 15 is 0 Å². The summed E-state index contributed by atoms with van der Waals surface area (Å²) in [6.07, 6.45) is 0. The predicted molar refractivity (Wildman–Crippen MR) is 114 cm³/mol. The van der Waals surface area contributed by atoms with E-state index in [0.717, 1.165) is 10.6 Å². The maximum Gasteiger partial charge on any atom is 0.342 e. The monoisotopic (exact) mass is 429 g/mol. The summed E-state index contributed by atoms with van der Waals surface area (Å²) >= 11 is 1.46. The summed E-state index contributed by atoms with van der Waals surface area (Å²) < 4.78 is 26.9. The van der Waals surface area contributed by atoms with E-state index in [1.807, 2.05) is 30.5 Å². The van der Waals surface area contributed by atoms with Crippen molar-refractivity contribution >= 4 is 17.3 Å². The zero-order valence-corrected chi connectivity index (χ0v) is 18.1. The molecule has 0 amide bonds. The quantitative estimate of drug-likeness (QED) is 0.460. The number of thiazole rings is 1. The Morgan fingerprint density at radius 1 is 1.00 bits per heavy atom. The molecule has 3 rings (SSSR count). The van der Waals surface area contributed by atoms with E-state index in [1.54, 1.807) is 25.3 Å². The van der Waals surface area contributed by atoms with E-state index < -0.39 is 5.97 Å². The lowest BCUT2D eigenvalue weighted by Gasteiger charge is -2.11. The molecule has 0 bridgehead atoms. The summed E-state index contributed by atoms with van der Waals surface area (Å²) in [5, 5.41) is 2.65. The highest BCUT2D eigenvalue weighted by molar-refractivity contribution is 7.13. The Hall–Kier alpha value is -3.26. The van der Waals surface area contributed by atoms with Gasteiger partial charge in [0.1, 0.15) is 17.2 Å². The first-order chi connectivity index (χ1) is 14.6. The number of nitrogens with zero attached hydrogens (tertiary/aromatic N) is 1. The van der Waals surface area contributed by atoms with Crippen molar-refractivity contribution < 1.29 is 28.5 Å². The predicted octanol–water partition coefficient (Wildman–Crippen LogP) is 4.59. The Balaban J connectivity index is 1.72. The van der Waals surface area contributed by atoms with Gasteiger partial charge in [-0.2, -0.15) is 0 Å². The van der Waals surface area contributed by atoms with Gasteiger partial charge in [0, 0.05) is 10.9 Å². The number of esters is 1. The Kier molecular flexibility index (Phi) is 7.13. The summed E-state index contributed by atoms with van der Waals surface area (Å²) in [4.78, 5) is 17.1. The first-order valence-electron chi connectivity index (χ1n) is 9.25. The highest BCUT2D eigenvalue weighted by Gasteiger charge is 2.18. The lowest BCUT2D eigenvalue weighted by molar-refractivity contribution is 0.0464. The molecular weight excluding hydrogens is 406 g/mol. The number of ether oxygens (including phenoxy) is 5. The fourth-order valence-corrected chi connectivity index (χ4v) is 3.65. The molecule has 0 atom stereocenters. The fraction of sp³-hybridized carbons (Fsp3) is 0.273. The first kappa shape index (κ1) is 21.4. The first-order valence-corrected chi connectivity index (χ1v) is 10.1. The van der Waals surface area contributed by atoms with Gasteiger partial charge in [-0.3, -0.25) is 0 Å². The van der Waals surface area contributed by atoms with Crippen molar-refractivity contribution in [3.8, 4) is 33.6 Å². The normalized spacial score (nSPS) is 10.4. The SMILES string of the molecule is CCOc1ccc(-c2nc(COC(=O)c3cccc(OC)c3OC)cs2)cc1OC. The molecule has 1 heterocycles. The second-order valence-electron chi connectivity index (χ2n) is 6.06. The van der Waals surface area contributed by atoms with Crippen molar-refractivity contribution in [3.63, 3.8) is 0 Å². The number of para-hydroxylation sites is 1. The minimum atomic E-state index is -0.511. The molecule has 1 aromatic heterocycles. The van der Waals surface area contributed by atoms with Crippen molar-refractivity contribution in [1.82, 2.24) is 4.98 Å². The molecule has 0 aliphatic carbocycles. The number of carbonyl (C=O) groups excluding carboxylic acids is 1. The molecular formula is C22H23NO6S. The van der Waals surface area contributed by atoms with E-state index in [0.29, 0.717) is 40.9 Å². The van der Waals surface area contributed by atoms with Gasteiger partial charge in [0.2, 0.25) is 0 Å². The van der Waals surface area contributed by atoms with Crippen LogP contribution in [0.25, 0.3) is 10.6 Å². The van der Waals surface area contributed by atoms with E-state index in [1.165, 1.54) is 25.6 Å². The van der Waals surface area contributed by atoms with Crippen molar-refractivity contribution in [2.24, 2.45) is 0 Å². The van der Waals surface area contributed by atoms with Gasteiger partial charge in [-0.25, -0.2) is 9.78 Å².